The number of benzene rings is 2. The van der Waals surface area contributed by atoms with E-state index in [1.165, 1.54) is 0 Å². The highest BCUT2D eigenvalue weighted by atomic mass is 16.2. The number of hydrogen-bond acceptors (Lipinski definition) is 6. The molecule has 8 heteroatoms. The first-order valence-corrected chi connectivity index (χ1v) is 14.1. The number of carbonyl (C=O) groups is 2. The number of pyridine rings is 1. The van der Waals surface area contributed by atoms with E-state index in [9.17, 15) is 9.59 Å². The highest BCUT2D eigenvalue weighted by molar-refractivity contribution is 5.94. The molecule has 2 heterocycles. The zero-order valence-corrected chi connectivity index (χ0v) is 23.3. The molecule has 2 aromatic carbocycles. The van der Waals surface area contributed by atoms with Crippen molar-refractivity contribution in [1.82, 2.24) is 15.2 Å². The van der Waals surface area contributed by atoms with Crippen LogP contribution >= 0.6 is 0 Å². The molecule has 0 spiro atoms. The fourth-order valence-electron chi connectivity index (χ4n) is 5.14. The monoisotopic (exact) mass is 538 g/mol. The van der Waals surface area contributed by atoms with Gasteiger partial charge in [-0.1, -0.05) is 42.5 Å². The van der Waals surface area contributed by atoms with Gasteiger partial charge in [-0.15, -0.1) is 0 Å². The number of anilines is 2. The molecule has 1 atom stereocenters. The van der Waals surface area contributed by atoms with E-state index in [1.807, 2.05) is 73.3 Å². The van der Waals surface area contributed by atoms with Crippen molar-refractivity contribution in [3.63, 3.8) is 0 Å². The van der Waals surface area contributed by atoms with Crippen LogP contribution in [0.25, 0.3) is 0 Å². The first kappa shape index (κ1) is 28.8. The van der Waals surface area contributed by atoms with Gasteiger partial charge >= 0.3 is 0 Å². The summed E-state index contributed by atoms with van der Waals surface area (Å²) in [7, 11) is 0. The lowest BCUT2D eigenvalue weighted by atomic mass is 9.95. The van der Waals surface area contributed by atoms with Gasteiger partial charge in [0.2, 0.25) is 11.8 Å². The summed E-state index contributed by atoms with van der Waals surface area (Å²) in [6.45, 7) is 7.78. The van der Waals surface area contributed by atoms with Crippen LogP contribution in [0, 0.1) is 17.2 Å². The molecular formula is C32H38N6O2. The Hall–Kier alpha value is -4.22. The van der Waals surface area contributed by atoms with Gasteiger partial charge in [0.15, 0.2) is 0 Å². The van der Waals surface area contributed by atoms with Gasteiger partial charge in [-0.2, -0.15) is 5.26 Å². The van der Waals surface area contributed by atoms with Crippen LogP contribution in [0.3, 0.4) is 0 Å². The summed E-state index contributed by atoms with van der Waals surface area (Å²) < 4.78 is 0. The van der Waals surface area contributed by atoms with Gasteiger partial charge in [0.25, 0.3) is 0 Å². The Morgan fingerprint density at radius 3 is 2.33 bits per heavy atom. The molecule has 1 saturated heterocycles. The second-order valence-electron chi connectivity index (χ2n) is 10.0. The molecule has 0 unspecified atom stereocenters. The third-order valence-electron chi connectivity index (χ3n) is 7.52. The molecule has 40 heavy (non-hydrogen) atoms. The van der Waals surface area contributed by atoms with Crippen molar-refractivity contribution >= 4 is 23.3 Å². The van der Waals surface area contributed by atoms with Crippen LogP contribution < -0.4 is 15.5 Å². The van der Waals surface area contributed by atoms with Gasteiger partial charge in [0.05, 0.1) is 23.5 Å². The SMILES string of the molecule is CCN(CC)C(=O)C1CCN(c2ccc(NC(=O)[C@@H](NCCc3ccc(C#N)cc3)c3ccccc3)nc2)CC1. The maximum Gasteiger partial charge on any atom is 0.247 e. The fraction of sp³-hybridized carbons (Fsp3) is 0.375. The van der Waals surface area contributed by atoms with Crippen molar-refractivity contribution in [2.45, 2.75) is 39.2 Å². The Morgan fingerprint density at radius 2 is 1.73 bits per heavy atom. The zero-order valence-electron chi connectivity index (χ0n) is 23.3. The quantitative estimate of drug-likeness (QED) is 0.372. The van der Waals surface area contributed by atoms with E-state index >= 15 is 0 Å². The topological polar surface area (TPSA) is 101 Å². The predicted molar refractivity (Wildman–Crippen MR) is 158 cm³/mol. The minimum atomic E-state index is -0.538. The summed E-state index contributed by atoms with van der Waals surface area (Å²) in [5, 5.41) is 15.3. The van der Waals surface area contributed by atoms with Gasteiger partial charge in [0.1, 0.15) is 11.9 Å². The molecule has 2 amide bonds. The Morgan fingerprint density at radius 1 is 1.02 bits per heavy atom. The molecular weight excluding hydrogens is 500 g/mol. The number of piperidine rings is 1. The summed E-state index contributed by atoms with van der Waals surface area (Å²) in [6.07, 6.45) is 4.19. The Bertz CT molecular complexity index is 1280. The van der Waals surface area contributed by atoms with Crippen LogP contribution in [-0.2, 0) is 16.0 Å². The van der Waals surface area contributed by atoms with Crippen LogP contribution in [-0.4, -0.2) is 54.4 Å². The minimum absolute atomic E-state index is 0.0852. The average molecular weight is 539 g/mol. The van der Waals surface area contributed by atoms with Crippen molar-refractivity contribution in [2.75, 3.05) is 42.9 Å². The lowest BCUT2D eigenvalue weighted by Crippen LogP contribution is -2.42. The number of amides is 2. The molecule has 2 N–H and O–H groups in total. The van der Waals surface area contributed by atoms with Crippen LogP contribution in [0.1, 0.15) is 49.4 Å². The molecule has 1 aliphatic rings. The van der Waals surface area contributed by atoms with Gasteiger partial charge in [-0.05, 0) is 68.5 Å². The van der Waals surface area contributed by atoms with Gasteiger partial charge in [-0.3, -0.25) is 9.59 Å². The molecule has 0 radical (unpaired) electrons. The number of nitrogens with zero attached hydrogens (tertiary/aromatic N) is 4. The van der Waals surface area contributed by atoms with Crippen molar-refractivity contribution in [3.05, 3.63) is 89.6 Å². The van der Waals surface area contributed by atoms with E-state index < -0.39 is 6.04 Å². The molecule has 1 aliphatic heterocycles. The zero-order chi connectivity index (χ0) is 28.3. The lowest BCUT2D eigenvalue weighted by molar-refractivity contribution is -0.135. The van der Waals surface area contributed by atoms with Crippen LogP contribution in [0.4, 0.5) is 11.5 Å². The lowest BCUT2D eigenvalue weighted by Gasteiger charge is -2.34. The highest BCUT2D eigenvalue weighted by Gasteiger charge is 2.28. The second-order valence-corrected chi connectivity index (χ2v) is 10.0. The standard InChI is InChI=1S/C32H38N6O2/c1-3-37(4-2)32(40)27-17-20-38(21-18-27)28-14-15-29(35-23-28)36-31(39)30(26-8-6-5-7-9-26)34-19-16-24-10-12-25(22-33)13-11-24/h5-15,23,27,30,34H,3-4,16-21H2,1-2H3,(H,35,36,39)/t30-/m0/s1. The second kappa shape index (κ2) is 14.2. The average Bonchev–Trinajstić information content (AvgIpc) is 3.01. The molecule has 0 aliphatic carbocycles. The van der Waals surface area contributed by atoms with Crippen LogP contribution in [0.5, 0.6) is 0 Å². The largest absolute Gasteiger partial charge is 0.370 e. The van der Waals surface area contributed by atoms with E-state index in [4.69, 9.17) is 5.26 Å². The van der Waals surface area contributed by atoms with Gasteiger partial charge in [0, 0.05) is 38.6 Å². The van der Waals surface area contributed by atoms with Crippen LogP contribution in [0.2, 0.25) is 0 Å². The first-order chi connectivity index (χ1) is 19.5. The number of nitrogens with one attached hydrogen (secondary N) is 2. The number of carbonyl (C=O) groups excluding carboxylic acids is 2. The summed E-state index contributed by atoms with van der Waals surface area (Å²) in [4.78, 5) is 34.7. The molecule has 3 aromatic rings. The molecule has 1 fully saturated rings. The summed E-state index contributed by atoms with van der Waals surface area (Å²) >= 11 is 0. The molecule has 4 rings (SSSR count). The van der Waals surface area contributed by atoms with E-state index in [2.05, 4.69) is 26.6 Å². The van der Waals surface area contributed by atoms with E-state index in [1.54, 1.807) is 18.3 Å². The molecule has 0 saturated carbocycles. The normalized spacial score (nSPS) is 14.3. The highest BCUT2D eigenvalue weighted by Crippen LogP contribution is 2.25. The fourth-order valence-corrected chi connectivity index (χ4v) is 5.14. The number of nitriles is 1. The summed E-state index contributed by atoms with van der Waals surface area (Å²) in [5.41, 5.74) is 3.59. The Kier molecular flexibility index (Phi) is 10.3. The predicted octanol–water partition coefficient (Wildman–Crippen LogP) is 4.55. The van der Waals surface area contributed by atoms with Crippen molar-refractivity contribution < 1.29 is 9.59 Å². The van der Waals surface area contributed by atoms with E-state index in [0.717, 1.165) is 62.3 Å². The van der Waals surface area contributed by atoms with Gasteiger partial charge < -0.3 is 20.4 Å². The number of rotatable bonds is 11. The van der Waals surface area contributed by atoms with Gasteiger partial charge in [-0.25, -0.2) is 4.98 Å². The Labute approximate surface area is 237 Å². The molecule has 0 bridgehead atoms. The summed E-state index contributed by atoms with van der Waals surface area (Å²) in [5.74, 6) is 0.665. The molecule has 208 valence electrons. The molecule has 8 nitrogen and oxygen atoms in total. The third-order valence-corrected chi connectivity index (χ3v) is 7.52. The Balaban J connectivity index is 1.34. The van der Waals surface area contributed by atoms with Crippen molar-refractivity contribution in [3.8, 4) is 6.07 Å². The minimum Gasteiger partial charge on any atom is -0.370 e. The summed E-state index contributed by atoms with van der Waals surface area (Å²) in [6, 6.07) is 22.5. The maximum absolute atomic E-state index is 13.3. The first-order valence-electron chi connectivity index (χ1n) is 14.1. The maximum atomic E-state index is 13.3. The number of hydrogen-bond donors (Lipinski definition) is 2. The molecule has 1 aromatic heterocycles. The van der Waals surface area contributed by atoms with E-state index in [-0.39, 0.29) is 17.7 Å². The van der Waals surface area contributed by atoms with Crippen molar-refractivity contribution in [1.29, 1.82) is 5.26 Å². The third kappa shape index (κ3) is 7.45. The van der Waals surface area contributed by atoms with Crippen LogP contribution in [0.15, 0.2) is 72.9 Å². The van der Waals surface area contributed by atoms with Crippen molar-refractivity contribution in [2.24, 2.45) is 5.92 Å². The van der Waals surface area contributed by atoms with E-state index in [0.29, 0.717) is 17.9 Å². The smallest absolute Gasteiger partial charge is 0.247 e. The number of aromatic nitrogens is 1.